The third-order valence-electron chi connectivity index (χ3n) is 9.99. The van der Waals surface area contributed by atoms with Gasteiger partial charge in [0.1, 0.15) is 19.3 Å². The van der Waals surface area contributed by atoms with Crippen molar-refractivity contribution >= 4 is 18.2 Å². The van der Waals surface area contributed by atoms with Gasteiger partial charge in [0.15, 0.2) is 0 Å². The van der Waals surface area contributed by atoms with Gasteiger partial charge in [0, 0.05) is 30.1 Å². The van der Waals surface area contributed by atoms with E-state index < -0.39 is 77.3 Å². The van der Waals surface area contributed by atoms with Gasteiger partial charge in [-0.3, -0.25) is 0 Å². The van der Waals surface area contributed by atoms with Gasteiger partial charge >= 0.3 is 18.2 Å². The van der Waals surface area contributed by atoms with E-state index in [1.54, 1.807) is 0 Å². The Hall–Kier alpha value is -6.83. The molecule has 6 aromatic rings. The lowest BCUT2D eigenvalue weighted by Crippen LogP contribution is -2.52. The summed E-state index contributed by atoms with van der Waals surface area (Å²) in [6.07, 6.45) is -1.01. The topological polar surface area (TPSA) is 111 Å². The number of aromatic nitrogens is 2. The Morgan fingerprint density at radius 2 is 1.00 bits per heavy atom. The molecule has 0 saturated heterocycles. The first kappa shape index (κ1) is 36.2. The van der Waals surface area contributed by atoms with Gasteiger partial charge in [0.05, 0.1) is 6.33 Å². The maximum absolute atomic E-state index is 14.8. The van der Waals surface area contributed by atoms with Gasteiger partial charge in [-0.15, -0.1) is 0 Å². The number of nitrogens with zero attached hydrogens (tertiary/aromatic N) is 2. The zero-order valence-corrected chi connectivity index (χ0v) is 29.0. The number of amides is 2. The first-order valence-corrected chi connectivity index (χ1v) is 17.3. The van der Waals surface area contributed by atoms with E-state index in [0.717, 1.165) is 44.5 Å². The predicted molar refractivity (Wildman–Crippen MR) is 190 cm³/mol. The Balaban J connectivity index is 1.14. The van der Waals surface area contributed by atoms with Gasteiger partial charge in [0.25, 0.3) is 0 Å². The summed E-state index contributed by atoms with van der Waals surface area (Å²) in [5.74, 6) is -16.8. The van der Waals surface area contributed by atoms with Crippen molar-refractivity contribution in [3.05, 3.63) is 167 Å². The first-order valence-electron chi connectivity index (χ1n) is 17.3. The lowest BCUT2D eigenvalue weighted by Gasteiger charge is -2.28. The van der Waals surface area contributed by atoms with Crippen molar-refractivity contribution < 1.29 is 50.5 Å². The van der Waals surface area contributed by atoms with E-state index in [1.807, 2.05) is 97.1 Å². The van der Waals surface area contributed by atoms with Crippen LogP contribution < -0.4 is 4.74 Å². The maximum Gasteiger partial charge on any atom is 0.420 e. The second kappa shape index (κ2) is 14.8. The van der Waals surface area contributed by atoms with Crippen LogP contribution >= 0.6 is 0 Å². The molecule has 14 heteroatoms. The lowest BCUT2D eigenvalue weighted by molar-refractivity contribution is -0.140. The molecule has 1 atom stereocenters. The van der Waals surface area contributed by atoms with Crippen LogP contribution in [0.25, 0.3) is 22.3 Å². The Labute approximate surface area is 315 Å². The summed E-state index contributed by atoms with van der Waals surface area (Å²) in [6, 6.07) is 27.7. The molecule has 0 aliphatic heterocycles. The van der Waals surface area contributed by atoms with E-state index in [9.17, 15) is 36.3 Å². The highest BCUT2D eigenvalue weighted by atomic mass is 19.2. The Kier molecular flexibility index (Phi) is 9.54. The van der Waals surface area contributed by atoms with Crippen LogP contribution in [0.3, 0.4) is 0 Å². The van der Waals surface area contributed by atoms with Crippen molar-refractivity contribution in [3.63, 3.8) is 0 Å². The number of hydrogen-bond donors (Lipinski definition) is 1. The van der Waals surface area contributed by atoms with Crippen LogP contribution in [0.4, 0.5) is 31.5 Å². The maximum atomic E-state index is 14.8. The molecule has 0 fully saturated rings. The van der Waals surface area contributed by atoms with Crippen LogP contribution in [0.5, 0.6) is 5.75 Å². The van der Waals surface area contributed by atoms with Gasteiger partial charge in [0.2, 0.25) is 34.8 Å². The minimum absolute atomic E-state index is 0.118. The molecule has 282 valence electrons. The molecular weight excluding hydrogens is 737 g/mol. The summed E-state index contributed by atoms with van der Waals surface area (Å²) in [6.45, 7) is -0.660. The van der Waals surface area contributed by atoms with Gasteiger partial charge in [-0.25, -0.2) is 32.5 Å². The number of esters is 1. The van der Waals surface area contributed by atoms with Crippen LogP contribution in [-0.2, 0) is 20.7 Å². The number of carbonyl (C=O) groups excluding carboxylic acids is 3. The SMILES string of the molecule is O=C(Oc1c(F)c(F)c(F)c(F)c1F)[C@H](Cc1cnc[nH]1)N(C(=O)OCC1c2ccccc2-c2ccccc21)C(=O)OCC1c2ccccc2-c2ccccc21. The summed E-state index contributed by atoms with van der Waals surface area (Å²) >= 11 is 0. The largest absolute Gasteiger partial charge is 0.448 e. The molecule has 0 saturated carbocycles. The van der Waals surface area contributed by atoms with Crippen LogP contribution in [0, 0.1) is 29.1 Å². The number of imidazole rings is 1. The molecule has 56 heavy (non-hydrogen) atoms. The number of imide groups is 1. The summed E-state index contributed by atoms with van der Waals surface area (Å²) in [5.41, 5.74) is 7.04. The number of aromatic amines is 1. The number of fused-ring (bicyclic) bond motifs is 6. The highest BCUT2D eigenvalue weighted by Gasteiger charge is 2.42. The number of nitrogens with one attached hydrogen (secondary N) is 1. The second-order valence-electron chi connectivity index (χ2n) is 13.1. The molecule has 2 aliphatic carbocycles. The van der Waals surface area contributed by atoms with Gasteiger partial charge in [-0.2, -0.15) is 13.7 Å². The number of hydrogen-bond acceptors (Lipinski definition) is 7. The molecule has 8 rings (SSSR count). The zero-order valence-electron chi connectivity index (χ0n) is 29.0. The molecule has 1 heterocycles. The van der Waals surface area contributed by atoms with E-state index in [2.05, 4.69) is 9.97 Å². The van der Waals surface area contributed by atoms with Crippen LogP contribution in [-0.4, -0.2) is 52.3 Å². The van der Waals surface area contributed by atoms with E-state index in [1.165, 1.54) is 12.5 Å². The van der Waals surface area contributed by atoms with Crippen molar-refractivity contribution in [3.8, 4) is 28.0 Å². The average Bonchev–Trinajstić information content (AvgIpc) is 3.94. The predicted octanol–water partition coefficient (Wildman–Crippen LogP) is 8.82. The third kappa shape index (κ3) is 6.32. The lowest BCUT2D eigenvalue weighted by atomic mass is 9.98. The standard InChI is InChI=1S/C42H28F5N3O6/c43-34-35(44)37(46)39(38(47)36(34)45)56-40(51)33(17-22-18-48-21-49-22)50(41(52)54-19-31-27-13-5-1-9-23(27)24-10-2-6-14-28(24)31)42(53)55-20-32-29-15-7-3-11-25(29)26-12-4-8-16-30(26)32/h1-16,18,21,31-33H,17,19-20H2,(H,48,49)/t33-/m0/s1. The molecule has 0 bridgehead atoms. The molecule has 1 aromatic heterocycles. The molecule has 0 radical (unpaired) electrons. The van der Waals surface area contributed by atoms with Crippen LogP contribution in [0.15, 0.2) is 110 Å². The van der Waals surface area contributed by atoms with E-state index in [-0.39, 0.29) is 23.8 Å². The first-order chi connectivity index (χ1) is 27.1. The minimum atomic E-state index is -2.48. The molecule has 1 N–H and O–H groups in total. The van der Waals surface area contributed by atoms with Crippen molar-refractivity contribution in [2.75, 3.05) is 13.2 Å². The number of ether oxygens (including phenoxy) is 3. The van der Waals surface area contributed by atoms with E-state index in [0.29, 0.717) is 0 Å². The van der Waals surface area contributed by atoms with Crippen molar-refractivity contribution in [2.45, 2.75) is 24.3 Å². The van der Waals surface area contributed by atoms with Gasteiger partial charge in [-0.05, 0) is 44.5 Å². The fraction of sp³-hybridized carbons (Fsp3) is 0.143. The second-order valence-corrected chi connectivity index (χ2v) is 13.1. The molecule has 5 aromatic carbocycles. The zero-order chi connectivity index (χ0) is 39.1. The quantitative estimate of drug-likeness (QED) is 0.0515. The molecule has 0 unspecified atom stereocenters. The van der Waals surface area contributed by atoms with Crippen LogP contribution in [0.2, 0.25) is 0 Å². The minimum Gasteiger partial charge on any atom is -0.448 e. The Morgan fingerprint density at radius 1 is 0.607 bits per heavy atom. The van der Waals surface area contributed by atoms with Crippen LogP contribution in [0.1, 0.15) is 39.8 Å². The van der Waals surface area contributed by atoms with E-state index in [4.69, 9.17) is 14.2 Å². The number of carbonyl (C=O) groups is 3. The molecule has 2 amide bonds. The Bertz CT molecular complexity index is 2280. The highest BCUT2D eigenvalue weighted by Crippen LogP contribution is 2.46. The molecule has 9 nitrogen and oxygen atoms in total. The average molecular weight is 766 g/mol. The molecule has 0 spiro atoms. The van der Waals surface area contributed by atoms with E-state index >= 15 is 0 Å². The van der Waals surface area contributed by atoms with Crippen molar-refractivity contribution in [1.29, 1.82) is 0 Å². The normalized spacial score (nSPS) is 13.3. The third-order valence-corrected chi connectivity index (χ3v) is 9.99. The highest BCUT2D eigenvalue weighted by molar-refractivity contribution is 5.95. The molecular formula is C42H28F5N3O6. The number of halogens is 5. The number of rotatable bonds is 9. The monoisotopic (exact) mass is 765 g/mol. The van der Waals surface area contributed by atoms with Gasteiger partial charge in [-0.1, -0.05) is 97.1 Å². The molecule has 2 aliphatic rings. The fourth-order valence-corrected chi connectivity index (χ4v) is 7.38. The summed E-state index contributed by atoms with van der Waals surface area (Å²) in [4.78, 5) is 49.2. The van der Waals surface area contributed by atoms with Gasteiger partial charge < -0.3 is 19.2 Å². The summed E-state index contributed by atoms with van der Waals surface area (Å²) in [7, 11) is 0. The van der Waals surface area contributed by atoms with Crippen molar-refractivity contribution in [2.24, 2.45) is 0 Å². The summed E-state index contributed by atoms with van der Waals surface area (Å²) < 4.78 is 88.1. The number of benzene rings is 5. The smallest absolute Gasteiger partial charge is 0.420 e. The summed E-state index contributed by atoms with van der Waals surface area (Å²) in [5, 5.41) is 0. The Morgan fingerprint density at radius 3 is 1.39 bits per heavy atom. The number of H-pyrrole nitrogens is 1. The van der Waals surface area contributed by atoms with Crippen molar-refractivity contribution in [1.82, 2.24) is 14.9 Å². The fourth-order valence-electron chi connectivity index (χ4n) is 7.38.